The van der Waals surface area contributed by atoms with E-state index in [1.54, 1.807) is 38.2 Å². The number of hydrogen-bond donors (Lipinski definition) is 1. The van der Waals surface area contributed by atoms with Gasteiger partial charge in [0, 0.05) is 30.9 Å². The van der Waals surface area contributed by atoms with Crippen LogP contribution in [0.25, 0.3) is 0 Å². The molecular weight excluding hydrogens is 454 g/mol. The van der Waals surface area contributed by atoms with Gasteiger partial charge in [-0.15, -0.1) is 0 Å². The summed E-state index contributed by atoms with van der Waals surface area (Å²) < 4.78 is 27.3. The highest BCUT2D eigenvalue weighted by Gasteiger charge is 2.29. The van der Waals surface area contributed by atoms with E-state index in [1.807, 2.05) is 12.1 Å². The van der Waals surface area contributed by atoms with Crippen LogP contribution in [0.3, 0.4) is 0 Å². The quantitative estimate of drug-likeness (QED) is 0.562. The fourth-order valence-corrected chi connectivity index (χ4v) is 5.87. The number of nitrogens with zero attached hydrogens (tertiary/aromatic N) is 2. The molecule has 1 aromatic heterocycles. The summed E-state index contributed by atoms with van der Waals surface area (Å²) in [5.74, 6) is -0.115. The molecule has 0 aliphatic heterocycles. The molecule has 6 nitrogen and oxygen atoms in total. The van der Waals surface area contributed by atoms with E-state index in [9.17, 15) is 13.2 Å². The van der Waals surface area contributed by atoms with E-state index >= 15 is 0 Å². The van der Waals surface area contributed by atoms with E-state index in [0.29, 0.717) is 16.6 Å². The van der Waals surface area contributed by atoms with Crippen LogP contribution in [0.1, 0.15) is 44.6 Å². The summed E-state index contributed by atoms with van der Waals surface area (Å²) in [6.45, 7) is 2.21. The minimum atomic E-state index is -3.57. The second-order valence-corrected chi connectivity index (χ2v) is 11.5. The molecule has 1 aliphatic carbocycles. The van der Waals surface area contributed by atoms with Gasteiger partial charge in [0.2, 0.25) is 15.9 Å². The van der Waals surface area contributed by atoms with Gasteiger partial charge in [0.25, 0.3) is 0 Å². The first-order valence-electron chi connectivity index (χ1n) is 10.4. The Labute approximate surface area is 193 Å². The third-order valence-corrected chi connectivity index (χ3v) is 8.72. The van der Waals surface area contributed by atoms with Crippen LogP contribution in [0.2, 0.25) is 5.02 Å². The third-order valence-electron chi connectivity index (χ3n) is 5.52. The van der Waals surface area contributed by atoms with Crippen LogP contribution in [0, 0.1) is 0 Å². The highest BCUT2D eigenvalue weighted by atomic mass is 35.5. The van der Waals surface area contributed by atoms with Crippen LogP contribution in [0.15, 0.2) is 52.5 Å². The average molecular weight is 482 g/mol. The van der Waals surface area contributed by atoms with Gasteiger partial charge in [0.15, 0.2) is 0 Å². The standard InChI is InChI=1S/C22H28ClN3O3S2/c1-16(22(27)25-14-17-8-10-18(23)11-9-17)30-21-13-12-20(15-24-21)31(28,29)26(2)19-6-4-3-5-7-19/h8-13,15-16,19H,3-7,14H2,1-2H3,(H,25,27). The minimum absolute atomic E-state index is 0.0529. The lowest BCUT2D eigenvalue weighted by Crippen LogP contribution is -2.38. The first-order valence-corrected chi connectivity index (χ1v) is 13.1. The van der Waals surface area contributed by atoms with E-state index in [2.05, 4.69) is 10.3 Å². The van der Waals surface area contributed by atoms with Crippen molar-refractivity contribution in [3.63, 3.8) is 0 Å². The first-order chi connectivity index (χ1) is 14.8. The number of pyridine rings is 1. The molecule has 0 spiro atoms. The van der Waals surface area contributed by atoms with Gasteiger partial charge in [0.1, 0.15) is 4.90 Å². The summed E-state index contributed by atoms with van der Waals surface area (Å²) in [6, 6.07) is 10.6. The number of hydrogen-bond acceptors (Lipinski definition) is 5. The number of carbonyl (C=O) groups excluding carboxylic acids is 1. The maximum Gasteiger partial charge on any atom is 0.244 e. The molecule has 1 aromatic carbocycles. The molecule has 1 aliphatic rings. The highest BCUT2D eigenvalue weighted by Crippen LogP contribution is 2.27. The monoisotopic (exact) mass is 481 g/mol. The number of aromatic nitrogens is 1. The molecule has 2 aromatic rings. The fourth-order valence-electron chi connectivity index (χ4n) is 3.57. The molecular formula is C22H28ClN3O3S2. The van der Waals surface area contributed by atoms with E-state index in [0.717, 1.165) is 31.2 Å². The molecule has 168 valence electrons. The van der Waals surface area contributed by atoms with Crippen LogP contribution in [-0.4, -0.2) is 42.0 Å². The number of benzene rings is 1. The number of sulfonamides is 1. The number of thioether (sulfide) groups is 1. The molecule has 1 amide bonds. The highest BCUT2D eigenvalue weighted by molar-refractivity contribution is 8.00. The zero-order chi connectivity index (χ0) is 22.4. The fraction of sp³-hybridized carbons (Fsp3) is 0.455. The second kappa shape index (κ2) is 10.8. The van der Waals surface area contributed by atoms with E-state index in [-0.39, 0.29) is 22.1 Å². The predicted octanol–water partition coefficient (Wildman–Crippen LogP) is 4.49. The van der Waals surface area contributed by atoms with Crippen LogP contribution in [0.5, 0.6) is 0 Å². The lowest BCUT2D eigenvalue weighted by molar-refractivity contribution is -0.120. The van der Waals surface area contributed by atoms with Crippen molar-refractivity contribution in [2.24, 2.45) is 0 Å². The van der Waals surface area contributed by atoms with Gasteiger partial charge in [-0.2, -0.15) is 4.31 Å². The molecule has 1 unspecified atom stereocenters. The Bertz CT molecular complexity index is 976. The van der Waals surface area contributed by atoms with Crippen molar-refractivity contribution in [3.8, 4) is 0 Å². The molecule has 0 saturated heterocycles. The molecule has 0 bridgehead atoms. The predicted molar refractivity (Wildman–Crippen MR) is 125 cm³/mol. The zero-order valence-corrected chi connectivity index (χ0v) is 20.1. The molecule has 1 heterocycles. The van der Waals surface area contributed by atoms with Crippen molar-refractivity contribution in [2.45, 2.75) is 66.8 Å². The van der Waals surface area contributed by atoms with Crippen molar-refractivity contribution in [1.82, 2.24) is 14.6 Å². The molecule has 1 N–H and O–H groups in total. The van der Waals surface area contributed by atoms with Crippen LogP contribution >= 0.6 is 23.4 Å². The largest absolute Gasteiger partial charge is 0.351 e. The van der Waals surface area contributed by atoms with Crippen LogP contribution < -0.4 is 5.32 Å². The Morgan fingerprint density at radius 1 is 1.19 bits per heavy atom. The third kappa shape index (κ3) is 6.44. The maximum absolute atomic E-state index is 12.9. The Hall–Kier alpha value is -1.61. The van der Waals surface area contributed by atoms with Crippen LogP contribution in [-0.2, 0) is 21.4 Å². The smallest absolute Gasteiger partial charge is 0.244 e. The summed E-state index contributed by atoms with van der Waals surface area (Å²) in [5.41, 5.74) is 0.963. The van der Waals surface area contributed by atoms with Crippen molar-refractivity contribution in [1.29, 1.82) is 0 Å². The van der Waals surface area contributed by atoms with Gasteiger partial charge in [-0.05, 0) is 49.6 Å². The van der Waals surface area contributed by atoms with Crippen LogP contribution in [0.4, 0.5) is 0 Å². The second-order valence-electron chi connectivity index (χ2n) is 7.75. The molecule has 31 heavy (non-hydrogen) atoms. The van der Waals surface area contributed by atoms with Gasteiger partial charge >= 0.3 is 0 Å². The number of carbonyl (C=O) groups is 1. The first kappa shape index (κ1) is 24.0. The average Bonchev–Trinajstić information content (AvgIpc) is 2.79. The summed E-state index contributed by atoms with van der Waals surface area (Å²) in [5, 5.41) is 3.78. The van der Waals surface area contributed by atoms with Crippen molar-refractivity contribution in [3.05, 3.63) is 53.2 Å². The van der Waals surface area contributed by atoms with Gasteiger partial charge in [-0.1, -0.05) is 54.8 Å². The van der Waals surface area contributed by atoms with Crippen molar-refractivity contribution in [2.75, 3.05) is 7.05 Å². The lowest BCUT2D eigenvalue weighted by atomic mass is 9.96. The van der Waals surface area contributed by atoms with Gasteiger partial charge < -0.3 is 5.32 Å². The van der Waals surface area contributed by atoms with E-state index < -0.39 is 10.0 Å². The van der Waals surface area contributed by atoms with Crippen molar-refractivity contribution < 1.29 is 13.2 Å². The molecule has 3 rings (SSSR count). The SMILES string of the molecule is CC(Sc1ccc(S(=O)(=O)N(C)C2CCCCC2)cn1)C(=O)NCc1ccc(Cl)cc1. The van der Waals surface area contributed by atoms with E-state index in [1.165, 1.54) is 28.7 Å². The Morgan fingerprint density at radius 3 is 2.48 bits per heavy atom. The number of halogens is 1. The molecule has 1 atom stereocenters. The molecule has 1 fully saturated rings. The molecule has 1 saturated carbocycles. The topological polar surface area (TPSA) is 79.4 Å². The lowest BCUT2D eigenvalue weighted by Gasteiger charge is -2.30. The van der Waals surface area contributed by atoms with Gasteiger partial charge in [0.05, 0.1) is 10.3 Å². The zero-order valence-electron chi connectivity index (χ0n) is 17.8. The number of amides is 1. The normalized spacial score (nSPS) is 16.3. The van der Waals surface area contributed by atoms with Gasteiger partial charge in [-0.3, -0.25) is 4.79 Å². The van der Waals surface area contributed by atoms with Crippen molar-refractivity contribution >= 4 is 39.3 Å². The maximum atomic E-state index is 12.9. The Balaban J connectivity index is 1.56. The molecule has 9 heteroatoms. The Morgan fingerprint density at radius 2 is 1.87 bits per heavy atom. The minimum Gasteiger partial charge on any atom is -0.351 e. The summed E-state index contributed by atoms with van der Waals surface area (Å²) in [7, 11) is -1.92. The summed E-state index contributed by atoms with van der Waals surface area (Å²) in [6.07, 6.45) is 6.49. The molecule has 0 radical (unpaired) electrons. The van der Waals surface area contributed by atoms with Gasteiger partial charge in [-0.25, -0.2) is 13.4 Å². The summed E-state index contributed by atoms with van der Waals surface area (Å²) >= 11 is 7.17. The summed E-state index contributed by atoms with van der Waals surface area (Å²) in [4.78, 5) is 16.9. The van der Waals surface area contributed by atoms with E-state index in [4.69, 9.17) is 11.6 Å². The Kier molecular flexibility index (Phi) is 8.38. The number of rotatable bonds is 8. The number of nitrogens with one attached hydrogen (secondary N) is 1.